The molecule has 2 amide bonds. The van der Waals surface area contributed by atoms with E-state index < -0.39 is 5.60 Å². The van der Waals surface area contributed by atoms with Gasteiger partial charge in [-0.15, -0.1) is 0 Å². The molecule has 0 radical (unpaired) electrons. The predicted molar refractivity (Wildman–Crippen MR) is 78.5 cm³/mol. The minimum absolute atomic E-state index is 0.0885. The van der Waals surface area contributed by atoms with Crippen LogP contribution in [0.3, 0.4) is 0 Å². The fraction of sp³-hybridized carbons (Fsp3) is 0.867. The fourth-order valence-corrected chi connectivity index (χ4v) is 2.45. The first kappa shape index (κ1) is 16.8. The number of hydrogen-bond donors (Lipinski definition) is 2. The van der Waals surface area contributed by atoms with Crippen molar-refractivity contribution in [2.45, 2.75) is 83.9 Å². The molecular weight excluding hydrogens is 256 g/mol. The first-order valence-electron chi connectivity index (χ1n) is 7.59. The minimum atomic E-state index is -0.479. The lowest BCUT2D eigenvalue weighted by Gasteiger charge is -2.31. The van der Waals surface area contributed by atoms with Gasteiger partial charge >= 0.3 is 6.09 Å². The summed E-state index contributed by atoms with van der Waals surface area (Å²) in [5, 5.41) is 5.94. The number of carbonyl (C=O) groups excluding carboxylic acids is 2. The van der Waals surface area contributed by atoms with Crippen LogP contribution in [0.4, 0.5) is 4.79 Å². The Bertz CT molecular complexity index is 337. The van der Waals surface area contributed by atoms with Crippen molar-refractivity contribution in [1.29, 1.82) is 0 Å². The van der Waals surface area contributed by atoms with Crippen LogP contribution < -0.4 is 10.6 Å². The first-order chi connectivity index (χ1) is 9.30. The van der Waals surface area contributed by atoms with Crippen LogP contribution in [0, 0.1) is 0 Å². The van der Waals surface area contributed by atoms with Gasteiger partial charge in [-0.25, -0.2) is 4.79 Å². The molecule has 0 aliphatic heterocycles. The Kier molecular flexibility index (Phi) is 6.30. The van der Waals surface area contributed by atoms with Gasteiger partial charge in [0.15, 0.2) is 0 Å². The Hall–Kier alpha value is -1.26. The highest BCUT2D eigenvalue weighted by Crippen LogP contribution is 2.19. The maximum Gasteiger partial charge on any atom is 0.407 e. The molecule has 2 atom stereocenters. The Morgan fingerprint density at radius 1 is 1.15 bits per heavy atom. The molecule has 5 heteroatoms. The lowest BCUT2D eigenvalue weighted by atomic mass is 9.91. The summed E-state index contributed by atoms with van der Waals surface area (Å²) >= 11 is 0. The summed E-state index contributed by atoms with van der Waals surface area (Å²) < 4.78 is 5.26. The molecule has 1 aliphatic rings. The molecule has 20 heavy (non-hydrogen) atoms. The van der Waals surface area contributed by atoms with Gasteiger partial charge in [-0.05, 0) is 52.9 Å². The van der Waals surface area contributed by atoms with E-state index in [0.717, 1.165) is 32.1 Å². The third-order valence-corrected chi connectivity index (χ3v) is 3.24. The van der Waals surface area contributed by atoms with E-state index in [1.807, 2.05) is 27.7 Å². The van der Waals surface area contributed by atoms with E-state index in [4.69, 9.17) is 4.74 Å². The summed E-state index contributed by atoms with van der Waals surface area (Å²) in [4.78, 5) is 23.3. The van der Waals surface area contributed by atoms with Crippen molar-refractivity contribution >= 4 is 12.0 Å². The third kappa shape index (κ3) is 6.78. The average Bonchev–Trinajstić information content (AvgIpc) is 2.26. The Morgan fingerprint density at radius 2 is 1.75 bits per heavy atom. The molecular formula is C15H28N2O3. The van der Waals surface area contributed by atoms with Crippen LogP contribution in [0.5, 0.6) is 0 Å². The van der Waals surface area contributed by atoms with Gasteiger partial charge in [-0.3, -0.25) is 4.79 Å². The van der Waals surface area contributed by atoms with Gasteiger partial charge in [0.25, 0.3) is 0 Å². The van der Waals surface area contributed by atoms with Crippen LogP contribution in [0.25, 0.3) is 0 Å². The number of rotatable bonds is 4. The van der Waals surface area contributed by atoms with E-state index in [2.05, 4.69) is 10.6 Å². The highest BCUT2D eigenvalue weighted by Gasteiger charge is 2.26. The summed E-state index contributed by atoms with van der Waals surface area (Å²) in [6.45, 7) is 7.54. The van der Waals surface area contributed by atoms with Gasteiger partial charge in [0.05, 0.1) is 0 Å². The number of amides is 2. The van der Waals surface area contributed by atoms with E-state index in [-0.39, 0.29) is 24.1 Å². The van der Waals surface area contributed by atoms with E-state index in [1.165, 1.54) is 0 Å². The second kappa shape index (κ2) is 7.50. The SMILES string of the molecule is CCCC(=O)NC1CCCC(NC(=O)OC(C)(C)C)C1. The zero-order valence-electron chi connectivity index (χ0n) is 13.1. The van der Waals surface area contributed by atoms with E-state index in [9.17, 15) is 9.59 Å². The Labute approximate surface area is 121 Å². The van der Waals surface area contributed by atoms with Crippen molar-refractivity contribution in [2.24, 2.45) is 0 Å². The van der Waals surface area contributed by atoms with Crippen molar-refractivity contribution in [1.82, 2.24) is 10.6 Å². The van der Waals surface area contributed by atoms with Crippen molar-refractivity contribution in [2.75, 3.05) is 0 Å². The zero-order chi connectivity index (χ0) is 15.2. The number of nitrogens with one attached hydrogen (secondary N) is 2. The third-order valence-electron chi connectivity index (χ3n) is 3.24. The van der Waals surface area contributed by atoms with Crippen LogP contribution in [0.1, 0.15) is 66.2 Å². The molecule has 1 saturated carbocycles. The molecule has 0 bridgehead atoms. The number of hydrogen-bond acceptors (Lipinski definition) is 3. The van der Waals surface area contributed by atoms with Crippen molar-refractivity contribution in [3.05, 3.63) is 0 Å². The predicted octanol–water partition coefficient (Wildman–Crippen LogP) is 2.74. The van der Waals surface area contributed by atoms with Gasteiger partial charge in [-0.2, -0.15) is 0 Å². The molecule has 0 aromatic carbocycles. The van der Waals surface area contributed by atoms with Crippen molar-refractivity contribution in [3.8, 4) is 0 Å². The summed E-state index contributed by atoms with van der Waals surface area (Å²) in [5.41, 5.74) is -0.479. The topological polar surface area (TPSA) is 67.4 Å². The second-order valence-electron chi connectivity index (χ2n) is 6.52. The van der Waals surface area contributed by atoms with Gasteiger partial charge in [0.2, 0.25) is 5.91 Å². The van der Waals surface area contributed by atoms with Gasteiger partial charge in [0.1, 0.15) is 5.60 Å². The summed E-state index contributed by atoms with van der Waals surface area (Å²) in [5.74, 6) is 0.107. The summed E-state index contributed by atoms with van der Waals surface area (Å²) in [6.07, 6.45) is 4.79. The van der Waals surface area contributed by atoms with Crippen LogP contribution in [-0.2, 0) is 9.53 Å². The van der Waals surface area contributed by atoms with Crippen molar-refractivity contribution in [3.63, 3.8) is 0 Å². The number of alkyl carbamates (subject to hydrolysis) is 1. The lowest BCUT2D eigenvalue weighted by Crippen LogP contribution is -2.46. The normalized spacial score (nSPS) is 23.0. The van der Waals surface area contributed by atoms with Crippen LogP contribution in [0.2, 0.25) is 0 Å². The van der Waals surface area contributed by atoms with Crippen LogP contribution >= 0.6 is 0 Å². The molecule has 1 rings (SSSR count). The molecule has 1 aliphatic carbocycles. The van der Waals surface area contributed by atoms with E-state index in [0.29, 0.717) is 6.42 Å². The largest absolute Gasteiger partial charge is 0.444 e. The summed E-state index contributed by atoms with van der Waals surface area (Å²) in [6, 6.07) is 0.258. The van der Waals surface area contributed by atoms with Crippen molar-refractivity contribution < 1.29 is 14.3 Å². The Balaban J connectivity index is 2.37. The molecule has 116 valence electrons. The highest BCUT2D eigenvalue weighted by molar-refractivity contribution is 5.76. The number of carbonyl (C=O) groups is 2. The zero-order valence-corrected chi connectivity index (χ0v) is 13.1. The minimum Gasteiger partial charge on any atom is -0.444 e. The fourth-order valence-electron chi connectivity index (χ4n) is 2.45. The molecule has 2 N–H and O–H groups in total. The first-order valence-corrected chi connectivity index (χ1v) is 7.59. The quantitative estimate of drug-likeness (QED) is 0.834. The number of ether oxygens (including phenoxy) is 1. The molecule has 0 aromatic rings. The monoisotopic (exact) mass is 284 g/mol. The molecule has 1 fully saturated rings. The lowest BCUT2D eigenvalue weighted by molar-refractivity contribution is -0.122. The highest BCUT2D eigenvalue weighted by atomic mass is 16.6. The molecule has 0 heterocycles. The van der Waals surface area contributed by atoms with E-state index >= 15 is 0 Å². The average molecular weight is 284 g/mol. The van der Waals surface area contributed by atoms with Crippen LogP contribution in [-0.4, -0.2) is 29.7 Å². The Morgan fingerprint density at radius 3 is 2.30 bits per heavy atom. The van der Waals surface area contributed by atoms with Gasteiger partial charge < -0.3 is 15.4 Å². The van der Waals surface area contributed by atoms with Gasteiger partial charge in [-0.1, -0.05) is 6.92 Å². The molecule has 2 unspecified atom stereocenters. The maximum absolute atomic E-state index is 11.7. The van der Waals surface area contributed by atoms with Crippen LogP contribution in [0.15, 0.2) is 0 Å². The summed E-state index contributed by atoms with van der Waals surface area (Å²) in [7, 11) is 0. The van der Waals surface area contributed by atoms with Gasteiger partial charge in [0, 0.05) is 18.5 Å². The molecule has 0 aromatic heterocycles. The smallest absolute Gasteiger partial charge is 0.407 e. The maximum atomic E-state index is 11.7. The molecule has 0 saturated heterocycles. The van der Waals surface area contributed by atoms with E-state index in [1.54, 1.807) is 0 Å². The standard InChI is InChI=1S/C15H28N2O3/c1-5-7-13(18)16-11-8-6-9-12(10-11)17-14(19)20-15(2,3)4/h11-12H,5-10H2,1-4H3,(H,16,18)(H,17,19). The molecule has 0 spiro atoms. The molecule has 5 nitrogen and oxygen atoms in total. The second-order valence-corrected chi connectivity index (χ2v) is 6.52.